The molecule has 0 bridgehead atoms. The number of thiol groups is 1. The van der Waals surface area contributed by atoms with Crippen LogP contribution in [0.4, 0.5) is 0 Å². The maximum atomic E-state index is 5.65. The van der Waals surface area contributed by atoms with Gasteiger partial charge in [-0.2, -0.15) is 0 Å². The normalized spacial score (nSPS) is 11.4. The summed E-state index contributed by atoms with van der Waals surface area (Å²) in [4.78, 5) is 0. The molecule has 0 amide bonds. The van der Waals surface area contributed by atoms with Gasteiger partial charge in [-0.25, -0.2) is 0 Å². The molecule has 0 N–H and O–H groups in total. The van der Waals surface area contributed by atoms with Crippen LogP contribution in [0.2, 0.25) is 0 Å². The maximum Gasteiger partial charge on any atom is 0.244 e. The molecular weight excluding hydrogens is 385 g/mol. The predicted octanol–water partition coefficient (Wildman–Crippen LogP) is 6.89. The molecule has 0 aromatic heterocycles. The maximum absolute atomic E-state index is 5.65. The fraction of sp³-hybridized carbons (Fsp3) is 1.00. The van der Waals surface area contributed by atoms with Gasteiger partial charge in [0.1, 0.15) is 0 Å². The Balaban J connectivity index is 0. The van der Waals surface area contributed by atoms with E-state index < -0.39 is 5.69 Å². The monoisotopic (exact) mass is 418 g/mol. The van der Waals surface area contributed by atoms with E-state index in [1.165, 1.54) is 64.2 Å². The summed E-state index contributed by atoms with van der Waals surface area (Å²) in [6, 6.07) is 0. The zero-order valence-corrected chi connectivity index (χ0v) is 20.3. The number of unbranched alkanes of at least 4 members (excludes halogenated alkanes) is 10. The molecule has 22 heavy (non-hydrogen) atoms. The molecular formula is C16H35O2PS2Zn. The summed E-state index contributed by atoms with van der Waals surface area (Å²) in [6.07, 6.45) is 15.1. The second-order valence-electron chi connectivity index (χ2n) is 5.67. The molecule has 0 aliphatic heterocycles. The molecule has 0 aliphatic rings. The summed E-state index contributed by atoms with van der Waals surface area (Å²) in [5.41, 5.74) is -2.29. The number of rotatable bonds is 16. The molecule has 0 aliphatic carbocycles. The molecule has 0 radical (unpaired) electrons. The van der Waals surface area contributed by atoms with Crippen LogP contribution in [0, 0.1) is 0 Å². The largest absolute Gasteiger partial charge is 0.322 e. The van der Waals surface area contributed by atoms with Crippen molar-refractivity contribution >= 4 is 29.7 Å². The van der Waals surface area contributed by atoms with Crippen LogP contribution in [0.15, 0.2) is 0 Å². The zero-order valence-electron chi connectivity index (χ0n) is 14.7. The average molecular weight is 420 g/mol. The SMILES string of the molecule is CCCCCCCCOP(=S)(S)OCCCCCCCC.[Zn]. The van der Waals surface area contributed by atoms with E-state index in [0.717, 1.165) is 12.8 Å². The van der Waals surface area contributed by atoms with Gasteiger partial charge in [-0.1, -0.05) is 90.3 Å². The molecule has 2 nitrogen and oxygen atoms in total. The Morgan fingerprint density at radius 2 is 1.00 bits per heavy atom. The summed E-state index contributed by atoms with van der Waals surface area (Å²) in [5.74, 6) is 0. The molecule has 0 heterocycles. The number of hydrogen-bond donors (Lipinski definition) is 1. The van der Waals surface area contributed by atoms with Crippen LogP contribution in [0.3, 0.4) is 0 Å². The summed E-state index contributed by atoms with van der Waals surface area (Å²) in [7, 11) is 0. The molecule has 0 aromatic rings. The molecule has 0 unspecified atom stereocenters. The minimum Gasteiger partial charge on any atom is -0.322 e. The van der Waals surface area contributed by atoms with Crippen molar-refractivity contribution in [1.29, 1.82) is 0 Å². The van der Waals surface area contributed by atoms with Crippen molar-refractivity contribution in [3.8, 4) is 0 Å². The molecule has 0 atom stereocenters. The Morgan fingerprint density at radius 1 is 0.682 bits per heavy atom. The second kappa shape index (κ2) is 18.9. The topological polar surface area (TPSA) is 18.5 Å². The molecule has 0 spiro atoms. The van der Waals surface area contributed by atoms with Gasteiger partial charge >= 0.3 is 0 Å². The Hall–Kier alpha value is 1.54. The first-order valence-electron chi connectivity index (χ1n) is 8.74. The average Bonchev–Trinajstić information content (AvgIpc) is 2.45. The van der Waals surface area contributed by atoms with Crippen molar-refractivity contribution in [2.24, 2.45) is 0 Å². The van der Waals surface area contributed by atoms with Gasteiger partial charge < -0.3 is 9.05 Å². The van der Waals surface area contributed by atoms with Gasteiger partial charge in [-0.05, 0) is 24.6 Å². The molecule has 0 saturated heterocycles. The van der Waals surface area contributed by atoms with E-state index in [0.29, 0.717) is 13.2 Å². The van der Waals surface area contributed by atoms with Crippen molar-refractivity contribution in [3.63, 3.8) is 0 Å². The molecule has 130 valence electrons. The smallest absolute Gasteiger partial charge is 0.244 e. The second-order valence-corrected chi connectivity index (χ2v) is 11.0. The molecule has 0 rings (SSSR count). The quantitative estimate of drug-likeness (QED) is 0.127. The molecule has 0 saturated carbocycles. The van der Waals surface area contributed by atoms with E-state index >= 15 is 0 Å². The van der Waals surface area contributed by atoms with Gasteiger partial charge in [0.2, 0.25) is 5.69 Å². The van der Waals surface area contributed by atoms with Gasteiger partial charge in [0.05, 0.1) is 13.2 Å². The Kier molecular flexibility index (Phi) is 22.1. The Morgan fingerprint density at radius 3 is 1.36 bits per heavy atom. The van der Waals surface area contributed by atoms with Crippen LogP contribution in [0.1, 0.15) is 90.9 Å². The minimum absolute atomic E-state index is 0. The summed E-state index contributed by atoms with van der Waals surface area (Å²) in [6.45, 7) is 5.87. The van der Waals surface area contributed by atoms with E-state index in [-0.39, 0.29) is 19.5 Å². The van der Waals surface area contributed by atoms with Crippen LogP contribution < -0.4 is 0 Å². The van der Waals surface area contributed by atoms with Crippen LogP contribution in [0.5, 0.6) is 0 Å². The summed E-state index contributed by atoms with van der Waals surface area (Å²) < 4.78 is 11.3. The third kappa shape index (κ3) is 19.6. The Labute approximate surface area is 162 Å². The predicted molar refractivity (Wildman–Crippen MR) is 102 cm³/mol. The fourth-order valence-corrected chi connectivity index (χ4v) is 3.89. The van der Waals surface area contributed by atoms with Crippen LogP contribution in [-0.4, -0.2) is 13.2 Å². The Bertz CT molecular complexity index is 247. The van der Waals surface area contributed by atoms with Crippen molar-refractivity contribution in [2.75, 3.05) is 13.2 Å². The number of hydrogen-bond acceptors (Lipinski definition) is 3. The van der Waals surface area contributed by atoms with E-state index in [9.17, 15) is 0 Å². The van der Waals surface area contributed by atoms with Crippen molar-refractivity contribution in [1.82, 2.24) is 0 Å². The first-order valence-corrected chi connectivity index (χ1v) is 12.5. The van der Waals surface area contributed by atoms with Crippen LogP contribution in [-0.2, 0) is 40.3 Å². The van der Waals surface area contributed by atoms with E-state index in [1.54, 1.807) is 0 Å². The third-order valence-electron chi connectivity index (χ3n) is 3.50. The third-order valence-corrected chi connectivity index (χ3v) is 5.85. The minimum atomic E-state index is -2.29. The first kappa shape index (κ1) is 25.8. The van der Waals surface area contributed by atoms with Crippen molar-refractivity contribution in [3.05, 3.63) is 0 Å². The standard InChI is InChI=1S/C16H35O2PS2.Zn/c1-3-5-7-9-11-13-15-17-19(20,21)18-16-14-12-10-8-6-4-2;/h3-16H2,1-2H3,(H,20,21);. The van der Waals surface area contributed by atoms with E-state index in [1.807, 2.05) is 0 Å². The van der Waals surface area contributed by atoms with Gasteiger partial charge in [-0.3, -0.25) is 0 Å². The van der Waals surface area contributed by atoms with Crippen LogP contribution >= 0.6 is 17.9 Å². The van der Waals surface area contributed by atoms with Gasteiger partial charge in [-0.15, -0.1) is 0 Å². The van der Waals surface area contributed by atoms with E-state index in [4.69, 9.17) is 20.9 Å². The van der Waals surface area contributed by atoms with Gasteiger partial charge in [0, 0.05) is 19.5 Å². The zero-order chi connectivity index (χ0) is 15.8. The summed E-state index contributed by atoms with van der Waals surface area (Å²) >= 11 is 9.70. The molecule has 0 fully saturated rings. The first-order chi connectivity index (χ1) is 10.1. The van der Waals surface area contributed by atoms with Gasteiger partial charge in [0.25, 0.3) is 0 Å². The molecule has 0 aromatic carbocycles. The fourth-order valence-electron chi connectivity index (χ4n) is 2.16. The van der Waals surface area contributed by atoms with Gasteiger partial charge in [0.15, 0.2) is 0 Å². The van der Waals surface area contributed by atoms with Crippen molar-refractivity contribution < 1.29 is 28.5 Å². The van der Waals surface area contributed by atoms with Crippen molar-refractivity contribution in [2.45, 2.75) is 90.9 Å². The van der Waals surface area contributed by atoms with E-state index in [2.05, 4.69) is 26.1 Å². The summed E-state index contributed by atoms with van der Waals surface area (Å²) in [5, 5.41) is 0. The van der Waals surface area contributed by atoms with Crippen LogP contribution in [0.25, 0.3) is 0 Å². The molecule has 6 heteroatoms.